The molecule has 7 nitrogen and oxygen atoms in total. The average Bonchev–Trinajstić information content (AvgIpc) is 3.44. The molecule has 0 radical (unpaired) electrons. The first-order valence-corrected chi connectivity index (χ1v) is 12.6. The highest BCUT2D eigenvalue weighted by atomic mass is 35.5. The molecule has 1 aromatic heterocycles. The minimum Gasteiger partial charge on any atom is -0.457 e. The predicted molar refractivity (Wildman–Crippen MR) is 133 cm³/mol. The Hall–Kier alpha value is -2.65. The van der Waals surface area contributed by atoms with Crippen molar-refractivity contribution in [3.8, 4) is 22.8 Å². The van der Waals surface area contributed by atoms with Gasteiger partial charge < -0.3 is 20.1 Å². The molecule has 3 aliphatic rings. The van der Waals surface area contributed by atoms with Gasteiger partial charge >= 0.3 is 0 Å². The number of nitrogens with zero attached hydrogens (tertiary/aromatic N) is 3. The van der Waals surface area contributed by atoms with E-state index in [9.17, 15) is 4.79 Å². The monoisotopic (exact) mass is 496 g/mol. The fourth-order valence-electron chi connectivity index (χ4n) is 4.95. The third-order valence-corrected chi connectivity index (χ3v) is 8.04. The van der Waals surface area contributed by atoms with Crippen LogP contribution in [0.15, 0.2) is 54.6 Å². The minimum absolute atomic E-state index is 0.0411. The van der Waals surface area contributed by atoms with Crippen LogP contribution in [0.2, 0.25) is 0 Å². The molecule has 1 spiro atoms. The number of carbonyl (C=O) groups excluding carboxylic acids is 1. The summed E-state index contributed by atoms with van der Waals surface area (Å²) in [5.74, 6) is 1.03. The van der Waals surface area contributed by atoms with Gasteiger partial charge in [-0.2, -0.15) is 0 Å². The zero-order valence-electron chi connectivity index (χ0n) is 18.7. The fraction of sp³-hybridized carbons (Fsp3) is 0.360. The lowest BCUT2D eigenvalue weighted by molar-refractivity contribution is -0.0490. The number of alkyl halides is 1. The minimum atomic E-state index is -0.458. The van der Waals surface area contributed by atoms with E-state index < -0.39 is 5.91 Å². The van der Waals surface area contributed by atoms with Crippen molar-refractivity contribution >= 4 is 34.0 Å². The molecule has 3 unspecified atom stereocenters. The van der Waals surface area contributed by atoms with Crippen molar-refractivity contribution in [2.75, 3.05) is 31.1 Å². The fourth-order valence-corrected chi connectivity index (χ4v) is 6.07. The van der Waals surface area contributed by atoms with E-state index in [-0.39, 0.29) is 23.1 Å². The van der Waals surface area contributed by atoms with Gasteiger partial charge in [0.15, 0.2) is 5.13 Å². The summed E-state index contributed by atoms with van der Waals surface area (Å²) in [6.45, 7) is 5.85. The number of aromatic nitrogens is 1. The molecule has 176 valence electrons. The Balaban J connectivity index is 1.13. The molecule has 34 heavy (non-hydrogen) atoms. The molecule has 0 aliphatic carbocycles. The smallest absolute Gasteiger partial charge is 0.261 e. The summed E-state index contributed by atoms with van der Waals surface area (Å²) in [6, 6.07) is 17.2. The van der Waals surface area contributed by atoms with Gasteiger partial charge in [0.25, 0.3) is 5.91 Å². The molecule has 3 aromatic rings. The van der Waals surface area contributed by atoms with Crippen LogP contribution in [-0.2, 0) is 4.74 Å². The number of hydrogen-bond donors (Lipinski definition) is 1. The van der Waals surface area contributed by atoms with Crippen LogP contribution >= 0.6 is 22.9 Å². The van der Waals surface area contributed by atoms with Crippen LogP contribution in [0.5, 0.6) is 11.5 Å². The standard InChI is InChI=1S/C25H25ClN4O3S/c1-15(26)20-23(33-20)29-11-25(12-29)13-30(14-25)24-28-19(21(34-24)22(27)31)16-7-9-18(10-8-16)32-17-5-3-2-4-6-17/h2-10,15,20,23H,11-14H2,1H3,(H2,27,31). The molecule has 9 heteroatoms. The number of primary amides is 1. The van der Waals surface area contributed by atoms with Gasteiger partial charge in [0.05, 0.1) is 11.1 Å². The highest BCUT2D eigenvalue weighted by Gasteiger charge is 2.59. The first-order valence-electron chi connectivity index (χ1n) is 11.3. The Labute approximate surface area is 207 Å². The van der Waals surface area contributed by atoms with Gasteiger partial charge in [-0.05, 0) is 43.3 Å². The molecule has 2 N–H and O–H groups in total. The highest BCUT2D eigenvalue weighted by Crippen LogP contribution is 2.48. The zero-order chi connectivity index (χ0) is 23.4. The summed E-state index contributed by atoms with van der Waals surface area (Å²) in [6.07, 6.45) is 0.327. The second-order valence-corrected chi connectivity index (χ2v) is 11.1. The number of likely N-dealkylation sites (tertiary alicyclic amines) is 1. The summed E-state index contributed by atoms with van der Waals surface area (Å²) in [5, 5.41) is 0.881. The molecule has 3 aliphatic heterocycles. The molecule has 2 aromatic carbocycles. The summed E-state index contributed by atoms with van der Waals surface area (Å²) < 4.78 is 11.6. The third-order valence-electron chi connectivity index (χ3n) is 6.66. The molecule has 0 bridgehead atoms. The quantitative estimate of drug-likeness (QED) is 0.390. The number of benzene rings is 2. The number of amides is 1. The van der Waals surface area contributed by atoms with Crippen molar-refractivity contribution in [1.82, 2.24) is 9.88 Å². The van der Waals surface area contributed by atoms with Gasteiger partial charge in [0, 0.05) is 37.2 Å². The van der Waals surface area contributed by atoms with E-state index in [0.29, 0.717) is 10.6 Å². The number of carbonyl (C=O) groups is 1. The third kappa shape index (κ3) is 3.94. The molecule has 3 fully saturated rings. The van der Waals surface area contributed by atoms with Crippen LogP contribution in [0.1, 0.15) is 16.6 Å². The average molecular weight is 497 g/mol. The normalized spacial score (nSPS) is 23.8. The number of anilines is 1. The van der Waals surface area contributed by atoms with Gasteiger partial charge in [-0.3, -0.25) is 9.69 Å². The van der Waals surface area contributed by atoms with Crippen LogP contribution in [0.25, 0.3) is 11.3 Å². The van der Waals surface area contributed by atoms with Gasteiger partial charge in [-0.15, -0.1) is 11.6 Å². The molecular weight excluding hydrogens is 472 g/mol. The van der Waals surface area contributed by atoms with E-state index in [2.05, 4.69) is 9.80 Å². The second kappa shape index (κ2) is 8.23. The number of ether oxygens (including phenoxy) is 2. The first kappa shape index (κ1) is 21.9. The van der Waals surface area contributed by atoms with Crippen LogP contribution in [0.3, 0.4) is 0 Å². The van der Waals surface area contributed by atoms with Crippen molar-refractivity contribution in [2.24, 2.45) is 11.1 Å². The number of halogens is 1. The number of hydrogen-bond acceptors (Lipinski definition) is 7. The molecule has 3 saturated heterocycles. The number of para-hydroxylation sites is 1. The maximum atomic E-state index is 12.2. The van der Waals surface area contributed by atoms with Crippen molar-refractivity contribution < 1.29 is 14.3 Å². The number of epoxide rings is 1. The van der Waals surface area contributed by atoms with Crippen LogP contribution in [-0.4, -0.2) is 59.7 Å². The van der Waals surface area contributed by atoms with E-state index in [1.54, 1.807) is 0 Å². The van der Waals surface area contributed by atoms with Crippen molar-refractivity contribution in [3.63, 3.8) is 0 Å². The van der Waals surface area contributed by atoms with E-state index in [4.69, 9.17) is 31.8 Å². The summed E-state index contributed by atoms with van der Waals surface area (Å²) in [4.78, 5) is 22.1. The molecule has 1 amide bonds. The Morgan fingerprint density at radius 1 is 1.15 bits per heavy atom. The molecule has 4 heterocycles. The zero-order valence-corrected chi connectivity index (χ0v) is 20.3. The van der Waals surface area contributed by atoms with Crippen molar-refractivity contribution in [2.45, 2.75) is 24.6 Å². The number of thiazole rings is 1. The van der Waals surface area contributed by atoms with E-state index in [1.165, 1.54) is 11.3 Å². The van der Waals surface area contributed by atoms with Crippen molar-refractivity contribution in [1.29, 1.82) is 0 Å². The number of rotatable bonds is 7. The first-order chi connectivity index (χ1) is 16.4. The summed E-state index contributed by atoms with van der Waals surface area (Å²) >= 11 is 7.51. The highest BCUT2D eigenvalue weighted by molar-refractivity contribution is 7.18. The van der Waals surface area contributed by atoms with Crippen molar-refractivity contribution in [3.05, 3.63) is 59.5 Å². The lowest BCUT2D eigenvalue weighted by Crippen LogP contribution is -2.72. The molecule has 0 saturated carbocycles. The summed E-state index contributed by atoms with van der Waals surface area (Å²) in [5.41, 5.74) is 7.45. The van der Waals surface area contributed by atoms with E-state index in [0.717, 1.165) is 48.4 Å². The lowest BCUT2D eigenvalue weighted by atomic mass is 9.73. The Bertz CT molecular complexity index is 1200. The number of nitrogens with two attached hydrogens (primary N) is 1. The largest absolute Gasteiger partial charge is 0.457 e. The van der Waals surface area contributed by atoms with Crippen LogP contribution in [0.4, 0.5) is 5.13 Å². The van der Waals surface area contributed by atoms with E-state index in [1.807, 2.05) is 61.5 Å². The molecular formula is C25H25ClN4O3S. The Kier molecular flexibility index (Phi) is 5.29. The van der Waals surface area contributed by atoms with Gasteiger partial charge in [0.2, 0.25) is 0 Å². The Morgan fingerprint density at radius 2 is 1.82 bits per heavy atom. The molecule has 6 rings (SSSR count). The van der Waals surface area contributed by atoms with E-state index >= 15 is 0 Å². The maximum Gasteiger partial charge on any atom is 0.261 e. The van der Waals surface area contributed by atoms with Gasteiger partial charge in [-0.25, -0.2) is 4.98 Å². The van der Waals surface area contributed by atoms with Gasteiger partial charge in [-0.1, -0.05) is 29.5 Å². The molecule has 3 atom stereocenters. The maximum absolute atomic E-state index is 12.2. The summed E-state index contributed by atoms with van der Waals surface area (Å²) in [7, 11) is 0. The van der Waals surface area contributed by atoms with Crippen LogP contribution in [0, 0.1) is 5.41 Å². The lowest BCUT2D eigenvalue weighted by Gasteiger charge is -2.60. The topological polar surface area (TPSA) is 84.2 Å². The van der Waals surface area contributed by atoms with Crippen LogP contribution < -0.4 is 15.4 Å². The Morgan fingerprint density at radius 3 is 2.44 bits per heavy atom. The predicted octanol–water partition coefficient (Wildman–Crippen LogP) is 4.18. The SMILES string of the molecule is CC(Cl)C1OC1N1CC2(CN(c3nc(-c4ccc(Oc5ccccc5)cc4)c(C(N)=O)s3)C2)C1. The second-order valence-electron chi connectivity index (χ2n) is 9.41. The van der Waals surface area contributed by atoms with Gasteiger partial charge in [0.1, 0.15) is 28.7 Å².